The van der Waals surface area contributed by atoms with Crippen LogP contribution in [0.15, 0.2) is 117 Å². The average molecular weight is 1230 g/mol. The van der Waals surface area contributed by atoms with E-state index in [0.717, 1.165) is 67.6 Å². The summed E-state index contributed by atoms with van der Waals surface area (Å²) >= 11 is 5.80. The molecule has 2 atom stereocenters. The number of piperazine rings is 2. The first-order chi connectivity index (χ1) is 39.2. The number of carbonyl (C=O) groups excluding carboxylic acids is 3. The third-order valence-electron chi connectivity index (χ3n) is 14.2. The molecule has 3 aliphatic rings. The van der Waals surface area contributed by atoms with Crippen molar-refractivity contribution >= 4 is 88.2 Å². The van der Waals surface area contributed by atoms with Crippen LogP contribution in [0.3, 0.4) is 0 Å². The molecule has 0 saturated carbocycles. The number of thiol groups is 1. The zero-order valence-corrected chi connectivity index (χ0v) is 51.8. The fourth-order valence-corrected chi connectivity index (χ4v) is 13.7. The van der Waals surface area contributed by atoms with Crippen molar-refractivity contribution in [2.24, 2.45) is 5.41 Å². The summed E-state index contributed by atoms with van der Waals surface area (Å²) in [6.07, 6.45) is 0.938. The number of nitrogens with one attached hydrogen (secondary N) is 2. The SMILES string of the molecule is CC(C)OC(=O)OCOP(=O)(CCN1CCN(CC[C@H](CSc2ccccc2)Nc2ccc([S+]([O-])NC(=O)c3ccc(N4CCN(CC5=C(c6ccc(Cl)cc6)CCC(C)(C)C5)CC4)cc3)cc2[SH](=O)=O)CC1)OCOC(=O)OC(C)C. The van der Waals surface area contributed by atoms with Crippen molar-refractivity contribution in [2.45, 2.75) is 100 Å². The Bertz CT molecular complexity index is 2850. The van der Waals surface area contributed by atoms with E-state index < -0.39 is 73.7 Å². The highest BCUT2D eigenvalue weighted by molar-refractivity contribution is 7.99. The highest BCUT2D eigenvalue weighted by Crippen LogP contribution is 2.48. The van der Waals surface area contributed by atoms with Crippen molar-refractivity contribution in [2.75, 3.05) is 108 Å². The number of halogens is 1. The molecule has 4 aromatic carbocycles. The second kappa shape index (κ2) is 31.3. The molecule has 2 heterocycles. The number of ether oxygens (including phenoxy) is 4. The molecule has 0 radical (unpaired) electrons. The van der Waals surface area contributed by atoms with E-state index in [1.54, 1.807) is 63.7 Å². The lowest BCUT2D eigenvalue weighted by molar-refractivity contribution is -0.0305. The second-order valence-corrected chi connectivity index (χ2v) is 27.7. The molecule has 0 spiro atoms. The molecule has 82 heavy (non-hydrogen) atoms. The summed E-state index contributed by atoms with van der Waals surface area (Å²) in [4.78, 5) is 47.7. The average Bonchev–Trinajstić information content (AvgIpc) is 3.65. The van der Waals surface area contributed by atoms with Crippen LogP contribution in [0.5, 0.6) is 0 Å². The van der Waals surface area contributed by atoms with Gasteiger partial charge in [0, 0.05) is 111 Å². The van der Waals surface area contributed by atoms with Crippen LogP contribution in [-0.2, 0) is 54.6 Å². The number of allylic oxidation sites excluding steroid dienone is 1. The van der Waals surface area contributed by atoms with E-state index in [1.165, 1.54) is 22.8 Å². The molecule has 2 aliphatic heterocycles. The monoisotopic (exact) mass is 1230 g/mol. The minimum absolute atomic E-state index is 0.0430. The van der Waals surface area contributed by atoms with Crippen LogP contribution in [0.25, 0.3) is 5.57 Å². The molecular formula is C58H78ClN6O13PS3. The van der Waals surface area contributed by atoms with E-state index in [9.17, 15) is 31.9 Å². The van der Waals surface area contributed by atoms with E-state index in [2.05, 4.69) is 55.6 Å². The van der Waals surface area contributed by atoms with Gasteiger partial charge >= 0.3 is 19.9 Å². The summed E-state index contributed by atoms with van der Waals surface area (Å²) in [5, 5.41) is 4.21. The lowest BCUT2D eigenvalue weighted by Crippen LogP contribution is -2.48. The molecule has 4 aromatic rings. The summed E-state index contributed by atoms with van der Waals surface area (Å²) in [6.45, 7) is 17.9. The van der Waals surface area contributed by atoms with Crippen LogP contribution in [0.1, 0.15) is 83.1 Å². The van der Waals surface area contributed by atoms with Crippen molar-refractivity contribution < 1.29 is 59.9 Å². The van der Waals surface area contributed by atoms with Gasteiger partial charge < -0.3 is 43.5 Å². The molecule has 2 fully saturated rings. The molecule has 2 N–H and O–H groups in total. The van der Waals surface area contributed by atoms with Crippen molar-refractivity contribution in [1.29, 1.82) is 0 Å². The quantitative estimate of drug-likeness (QED) is 0.0126. The van der Waals surface area contributed by atoms with Crippen LogP contribution in [0, 0.1) is 5.41 Å². The van der Waals surface area contributed by atoms with Crippen molar-refractivity contribution in [1.82, 2.24) is 19.4 Å². The molecule has 0 aromatic heterocycles. The van der Waals surface area contributed by atoms with Crippen LogP contribution in [0.4, 0.5) is 21.0 Å². The maximum Gasteiger partial charge on any atom is 0.510 e. The number of benzene rings is 4. The number of hydrogen-bond acceptors (Lipinski definition) is 19. The van der Waals surface area contributed by atoms with E-state index in [-0.39, 0.29) is 27.4 Å². The number of hydrogen-bond donors (Lipinski definition) is 3. The highest BCUT2D eigenvalue weighted by Gasteiger charge is 2.32. The van der Waals surface area contributed by atoms with Crippen molar-refractivity contribution in [3.63, 3.8) is 0 Å². The van der Waals surface area contributed by atoms with Crippen LogP contribution < -0.4 is 14.9 Å². The molecule has 1 amide bonds. The first kappa shape index (κ1) is 64.7. The van der Waals surface area contributed by atoms with Gasteiger partial charge in [-0.2, -0.15) is 4.72 Å². The summed E-state index contributed by atoms with van der Waals surface area (Å²) in [5.41, 5.74) is 6.14. The van der Waals surface area contributed by atoms with Crippen LogP contribution >= 0.6 is 31.0 Å². The summed E-state index contributed by atoms with van der Waals surface area (Å²) in [6, 6.07) is 29.7. The summed E-state index contributed by atoms with van der Waals surface area (Å²) in [5.74, 6) is 0.0569. The Labute approximate surface area is 496 Å². The molecule has 7 rings (SSSR count). The topological polar surface area (TPSA) is 218 Å². The largest absolute Gasteiger partial charge is 0.588 e. The van der Waals surface area contributed by atoms with Crippen LogP contribution in [0.2, 0.25) is 5.02 Å². The molecular weight excluding hydrogens is 1150 g/mol. The van der Waals surface area contributed by atoms with Gasteiger partial charge in [-0.1, -0.05) is 61.4 Å². The molecule has 2 saturated heterocycles. The van der Waals surface area contributed by atoms with E-state index >= 15 is 0 Å². The smallest absolute Gasteiger partial charge is 0.510 e. The molecule has 1 unspecified atom stereocenters. The number of anilines is 2. The Kier molecular flexibility index (Phi) is 24.7. The Morgan fingerprint density at radius 1 is 0.780 bits per heavy atom. The number of thioether (sulfide) groups is 1. The first-order valence-electron chi connectivity index (χ1n) is 27.7. The Balaban J connectivity index is 0.906. The molecule has 0 bridgehead atoms. The summed E-state index contributed by atoms with van der Waals surface area (Å²) in [7, 11) is -7.09. The maximum absolute atomic E-state index is 13.7. The zero-order chi connectivity index (χ0) is 58.8. The number of amides is 1. The third-order valence-corrected chi connectivity index (χ3v) is 19.2. The van der Waals surface area contributed by atoms with Crippen LogP contribution in [-0.4, -0.2) is 162 Å². The fraction of sp³-hybridized carbons (Fsp3) is 0.500. The third kappa shape index (κ3) is 20.7. The number of nitrogens with zero attached hydrogens (tertiary/aromatic N) is 4. The molecule has 1 aliphatic carbocycles. The highest BCUT2D eigenvalue weighted by atomic mass is 35.5. The lowest BCUT2D eigenvalue weighted by atomic mass is 9.73. The first-order valence-corrected chi connectivity index (χ1v) is 33.1. The fourth-order valence-electron chi connectivity index (χ4n) is 9.82. The van der Waals surface area contributed by atoms with Gasteiger partial charge in [0.15, 0.2) is 15.6 Å². The maximum atomic E-state index is 13.7. The second-order valence-electron chi connectivity index (χ2n) is 21.8. The van der Waals surface area contributed by atoms with E-state index in [0.29, 0.717) is 62.7 Å². The van der Waals surface area contributed by atoms with Gasteiger partial charge in [-0.25, -0.2) is 18.0 Å². The number of carbonyl (C=O) groups is 3. The van der Waals surface area contributed by atoms with Gasteiger partial charge in [0.05, 0.1) is 29.0 Å². The Morgan fingerprint density at radius 2 is 1.38 bits per heavy atom. The predicted octanol–water partition coefficient (Wildman–Crippen LogP) is 10.4. The molecule has 19 nitrogen and oxygen atoms in total. The minimum Gasteiger partial charge on any atom is -0.588 e. The van der Waals surface area contributed by atoms with Gasteiger partial charge in [0.1, 0.15) is 11.4 Å². The number of rotatable bonds is 27. The van der Waals surface area contributed by atoms with Crippen molar-refractivity contribution in [3.05, 3.63) is 119 Å². The van der Waals surface area contributed by atoms with Gasteiger partial charge in [-0.05, 0) is 131 Å². The zero-order valence-electron chi connectivity index (χ0n) is 47.6. The summed E-state index contributed by atoms with van der Waals surface area (Å²) < 4.78 is 86.2. The normalized spacial score (nSPS) is 17.2. The van der Waals surface area contributed by atoms with Gasteiger partial charge in [0.2, 0.25) is 13.6 Å². The minimum atomic E-state index is -3.95. The Morgan fingerprint density at radius 3 is 1.98 bits per heavy atom. The predicted molar refractivity (Wildman–Crippen MR) is 322 cm³/mol. The van der Waals surface area contributed by atoms with Gasteiger partial charge in [-0.15, -0.1) is 11.8 Å². The van der Waals surface area contributed by atoms with Crippen molar-refractivity contribution in [3.8, 4) is 0 Å². The van der Waals surface area contributed by atoms with E-state index in [1.807, 2.05) is 54.6 Å². The standard InChI is InChI=1S/C58H78ClN6O13PS3/c1-42(2)77-56(67)73-40-75-79(69,76-41-74-57(68)78-43(3)4)35-34-63-28-26-62(27-29-63)25-23-48(39-80-50-10-8-7-9-11-50)60-53-21-20-51(36-54(53)82(71)72)81(70)61-55(66)45-14-18-49(19-15-45)65-32-30-64(31-33-65)38-46-37-58(5,6)24-22-52(46)44-12-16-47(59)17-13-44/h7-21,36,42-43,48,60,82H,22-35,37-41H2,1-6H3,(H,61,66)/t48-,81?/m1/s1. The van der Waals surface area contributed by atoms with Gasteiger partial charge in [0.25, 0.3) is 5.91 Å². The van der Waals surface area contributed by atoms with E-state index in [4.69, 9.17) is 39.6 Å². The van der Waals surface area contributed by atoms with Gasteiger partial charge in [-0.3, -0.25) is 23.3 Å². The molecule has 448 valence electrons. The molecule has 24 heteroatoms. The lowest BCUT2D eigenvalue weighted by Gasteiger charge is -2.39. The Hall–Kier alpha value is -4.84.